The zero-order chi connectivity index (χ0) is 17.9. The van der Waals surface area contributed by atoms with Gasteiger partial charge in [0.1, 0.15) is 5.00 Å². The van der Waals surface area contributed by atoms with Crippen LogP contribution in [0.25, 0.3) is 0 Å². The fraction of sp³-hybridized carbons (Fsp3) is 0.421. The zero-order valence-electron chi connectivity index (χ0n) is 15.3. The molecular formula is C19H24Cl2N4O2S. The van der Waals surface area contributed by atoms with Crippen molar-refractivity contribution in [2.75, 3.05) is 25.0 Å². The molecule has 2 aliphatic rings. The molecule has 3 N–H and O–H groups in total. The lowest BCUT2D eigenvalue weighted by Gasteiger charge is -2.27. The summed E-state index contributed by atoms with van der Waals surface area (Å²) in [5.41, 5.74) is 2.27. The van der Waals surface area contributed by atoms with Gasteiger partial charge in [-0.15, -0.1) is 36.2 Å². The van der Waals surface area contributed by atoms with Gasteiger partial charge >= 0.3 is 0 Å². The number of rotatable bonds is 5. The first kappa shape index (κ1) is 22.6. The van der Waals surface area contributed by atoms with Crippen molar-refractivity contribution in [1.82, 2.24) is 15.6 Å². The van der Waals surface area contributed by atoms with Crippen LogP contribution in [0.1, 0.15) is 44.0 Å². The molecule has 0 radical (unpaired) electrons. The van der Waals surface area contributed by atoms with E-state index >= 15 is 0 Å². The Morgan fingerprint density at radius 1 is 1.18 bits per heavy atom. The van der Waals surface area contributed by atoms with Crippen LogP contribution in [0.5, 0.6) is 0 Å². The van der Waals surface area contributed by atoms with Crippen LogP contribution in [0.2, 0.25) is 0 Å². The average Bonchev–Trinajstić information content (AvgIpc) is 2.99. The van der Waals surface area contributed by atoms with E-state index in [4.69, 9.17) is 0 Å². The van der Waals surface area contributed by atoms with Crippen molar-refractivity contribution in [3.05, 3.63) is 46.1 Å². The fourth-order valence-electron chi connectivity index (χ4n) is 3.38. The average molecular weight is 443 g/mol. The van der Waals surface area contributed by atoms with E-state index in [1.165, 1.54) is 11.1 Å². The molecule has 6 nitrogen and oxygen atoms in total. The highest BCUT2D eigenvalue weighted by Gasteiger charge is 2.27. The van der Waals surface area contributed by atoms with Crippen molar-refractivity contribution < 1.29 is 9.59 Å². The Hall–Kier alpha value is -1.67. The van der Waals surface area contributed by atoms with E-state index in [1.54, 1.807) is 29.7 Å². The maximum absolute atomic E-state index is 12.9. The number of carbonyl (C=O) groups is 2. The largest absolute Gasteiger partial charge is 0.352 e. The number of fused-ring (bicyclic) bond motifs is 1. The van der Waals surface area contributed by atoms with Gasteiger partial charge in [0.15, 0.2) is 0 Å². The van der Waals surface area contributed by atoms with Crippen molar-refractivity contribution in [2.24, 2.45) is 5.92 Å². The lowest BCUT2D eigenvalue weighted by Crippen LogP contribution is -2.48. The van der Waals surface area contributed by atoms with Gasteiger partial charge in [0.2, 0.25) is 0 Å². The third-order valence-corrected chi connectivity index (χ3v) is 6.17. The van der Waals surface area contributed by atoms with Crippen LogP contribution in [0, 0.1) is 5.92 Å². The van der Waals surface area contributed by atoms with Crippen LogP contribution in [0.15, 0.2) is 24.5 Å². The zero-order valence-corrected chi connectivity index (χ0v) is 17.8. The molecule has 0 bridgehead atoms. The minimum atomic E-state index is -0.228. The molecule has 1 aliphatic heterocycles. The summed E-state index contributed by atoms with van der Waals surface area (Å²) in [6, 6.07) is 3.45. The summed E-state index contributed by atoms with van der Waals surface area (Å²) in [6.07, 6.45) is 7.28. The second-order valence-corrected chi connectivity index (χ2v) is 7.95. The molecule has 2 aromatic rings. The third kappa shape index (κ3) is 4.84. The molecule has 9 heteroatoms. The first-order chi connectivity index (χ1) is 12.7. The van der Waals surface area contributed by atoms with E-state index < -0.39 is 0 Å². The maximum atomic E-state index is 12.9. The van der Waals surface area contributed by atoms with Crippen LogP contribution in [-0.2, 0) is 12.8 Å². The summed E-state index contributed by atoms with van der Waals surface area (Å²) in [5.74, 6) is 0.202. The molecular weight excluding hydrogens is 419 g/mol. The van der Waals surface area contributed by atoms with Gasteiger partial charge in [0.05, 0.1) is 11.1 Å². The highest BCUT2D eigenvalue weighted by molar-refractivity contribution is 7.17. The summed E-state index contributed by atoms with van der Waals surface area (Å²) in [5, 5.41) is 9.88. The molecule has 0 saturated carbocycles. The molecule has 0 spiro atoms. The number of halogens is 2. The second kappa shape index (κ2) is 10.2. The number of carbonyl (C=O) groups excluding carboxylic acids is 2. The lowest BCUT2D eigenvalue weighted by molar-refractivity contribution is 0.0942. The molecule has 1 fully saturated rings. The Morgan fingerprint density at radius 3 is 2.64 bits per heavy atom. The SMILES string of the molecule is Cl.Cl.O=C(Nc1sc2c(c1C(=O)NCC1CNC1)CCCC2)c1cccnc1. The Balaban J connectivity index is 0.00000140. The van der Waals surface area contributed by atoms with Crippen LogP contribution in [0.4, 0.5) is 5.00 Å². The molecule has 0 atom stereocenters. The summed E-state index contributed by atoms with van der Waals surface area (Å²) in [4.78, 5) is 30.6. The Kier molecular flexibility index (Phi) is 8.24. The van der Waals surface area contributed by atoms with E-state index in [2.05, 4.69) is 20.9 Å². The molecule has 0 aromatic carbocycles. The Bertz CT molecular complexity index is 825. The second-order valence-electron chi connectivity index (χ2n) is 6.85. The van der Waals surface area contributed by atoms with E-state index in [1.807, 2.05) is 0 Å². The van der Waals surface area contributed by atoms with Gasteiger partial charge in [0.25, 0.3) is 11.8 Å². The number of anilines is 1. The van der Waals surface area contributed by atoms with Gasteiger partial charge in [-0.2, -0.15) is 0 Å². The van der Waals surface area contributed by atoms with Crippen LogP contribution in [0.3, 0.4) is 0 Å². The van der Waals surface area contributed by atoms with E-state index in [0.717, 1.165) is 44.3 Å². The van der Waals surface area contributed by atoms with E-state index in [-0.39, 0.29) is 36.6 Å². The molecule has 3 heterocycles. The molecule has 0 unspecified atom stereocenters. The van der Waals surface area contributed by atoms with Crippen LogP contribution in [-0.4, -0.2) is 36.4 Å². The quantitative estimate of drug-likeness (QED) is 0.664. The van der Waals surface area contributed by atoms with E-state index in [9.17, 15) is 9.59 Å². The van der Waals surface area contributed by atoms with Crippen molar-refractivity contribution in [3.63, 3.8) is 0 Å². The van der Waals surface area contributed by atoms with Gasteiger partial charge in [-0.1, -0.05) is 0 Å². The Labute approximate surface area is 180 Å². The van der Waals surface area contributed by atoms with Gasteiger partial charge in [-0.3, -0.25) is 14.6 Å². The smallest absolute Gasteiger partial charge is 0.257 e. The minimum Gasteiger partial charge on any atom is -0.352 e. The highest BCUT2D eigenvalue weighted by Crippen LogP contribution is 2.38. The molecule has 28 heavy (non-hydrogen) atoms. The number of thiophene rings is 1. The topological polar surface area (TPSA) is 83.1 Å². The molecule has 1 aliphatic carbocycles. The van der Waals surface area contributed by atoms with Crippen LogP contribution >= 0.6 is 36.2 Å². The number of nitrogens with one attached hydrogen (secondary N) is 3. The maximum Gasteiger partial charge on any atom is 0.257 e. The number of hydrogen-bond acceptors (Lipinski definition) is 5. The number of aryl methyl sites for hydroxylation is 1. The predicted molar refractivity (Wildman–Crippen MR) is 116 cm³/mol. The minimum absolute atomic E-state index is 0. The van der Waals surface area contributed by atoms with Crippen molar-refractivity contribution in [1.29, 1.82) is 0 Å². The third-order valence-electron chi connectivity index (χ3n) is 4.97. The first-order valence-electron chi connectivity index (χ1n) is 9.07. The van der Waals surface area contributed by atoms with Gasteiger partial charge in [-0.05, 0) is 43.4 Å². The van der Waals surface area contributed by atoms with Gasteiger partial charge < -0.3 is 16.0 Å². The van der Waals surface area contributed by atoms with Gasteiger partial charge in [-0.25, -0.2) is 0 Å². The number of nitrogens with zero attached hydrogens (tertiary/aromatic N) is 1. The monoisotopic (exact) mass is 442 g/mol. The summed E-state index contributed by atoms with van der Waals surface area (Å²) >= 11 is 1.54. The number of pyridine rings is 1. The summed E-state index contributed by atoms with van der Waals surface area (Å²) in [7, 11) is 0. The van der Waals surface area contributed by atoms with Crippen molar-refractivity contribution >= 4 is 53.0 Å². The van der Waals surface area contributed by atoms with Gasteiger partial charge in [0, 0.05) is 42.8 Å². The standard InChI is InChI=1S/C19H22N4O2S.2ClH/c24-17(13-4-3-7-20-11-13)23-19-16(14-5-1-2-6-15(14)26-19)18(25)22-10-12-8-21-9-12;;/h3-4,7,11-12,21H,1-2,5-6,8-10H2,(H,22,25)(H,23,24);2*1H. The van der Waals surface area contributed by atoms with Crippen LogP contribution < -0.4 is 16.0 Å². The molecule has 152 valence electrons. The van der Waals surface area contributed by atoms with Crippen molar-refractivity contribution in [3.8, 4) is 0 Å². The predicted octanol–water partition coefficient (Wildman–Crippen LogP) is 3.07. The highest BCUT2D eigenvalue weighted by atomic mass is 35.5. The number of hydrogen-bond donors (Lipinski definition) is 3. The van der Waals surface area contributed by atoms with Crippen molar-refractivity contribution in [2.45, 2.75) is 25.7 Å². The normalized spacial score (nSPS) is 15.3. The number of aromatic nitrogens is 1. The van der Waals surface area contributed by atoms with E-state index in [0.29, 0.717) is 28.6 Å². The molecule has 1 saturated heterocycles. The first-order valence-corrected chi connectivity index (χ1v) is 9.89. The summed E-state index contributed by atoms with van der Waals surface area (Å²) < 4.78 is 0. The fourth-order valence-corrected chi connectivity index (χ4v) is 4.67. The molecule has 4 rings (SSSR count). The number of amides is 2. The molecule has 2 aromatic heterocycles. The summed E-state index contributed by atoms with van der Waals surface area (Å²) in [6.45, 7) is 2.58. The lowest BCUT2D eigenvalue weighted by atomic mass is 9.95. The Morgan fingerprint density at radius 2 is 1.96 bits per heavy atom. The molecule has 2 amide bonds.